The molecule has 1 aromatic rings. The van der Waals surface area contributed by atoms with Gasteiger partial charge in [-0.3, -0.25) is 9.78 Å². The first-order valence-corrected chi connectivity index (χ1v) is 5.78. The fourth-order valence-corrected chi connectivity index (χ4v) is 1.72. The molecular formula is C11H12BrN3O. The van der Waals surface area contributed by atoms with Gasteiger partial charge in [-0.25, -0.2) is 0 Å². The predicted molar refractivity (Wildman–Crippen MR) is 66.1 cm³/mol. The fourth-order valence-electron chi connectivity index (χ4n) is 1.37. The Morgan fingerprint density at radius 1 is 1.56 bits per heavy atom. The number of pyridine rings is 1. The maximum atomic E-state index is 11.9. The van der Waals surface area contributed by atoms with Gasteiger partial charge in [-0.2, -0.15) is 0 Å². The maximum Gasteiger partial charge on any atom is 0.251 e. The van der Waals surface area contributed by atoms with E-state index in [9.17, 15) is 4.79 Å². The van der Waals surface area contributed by atoms with Crippen LogP contribution in [0, 0.1) is 0 Å². The largest absolute Gasteiger partial charge is 0.321 e. The van der Waals surface area contributed by atoms with Crippen molar-refractivity contribution >= 4 is 27.5 Å². The summed E-state index contributed by atoms with van der Waals surface area (Å²) in [6, 6.07) is 1.76. The minimum atomic E-state index is -0.0524. The lowest BCUT2D eigenvalue weighted by Crippen LogP contribution is -2.36. The summed E-state index contributed by atoms with van der Waals surface area (Å²) in [5, 5.41) is 5.96. The summed E-state index contributed by atoms with van der Waals surface area (Å²) < 4.78 is 0.785. The Bertz CT molecular complexity index is 450. The normalized spacial score (nSPS) is 14.2. The number of nitrogens with zero attached hydrogens (tertiary/aromatic N) is 1. The second-order valence-corrected chi connectivity index (χ2v) is 4.50. The topological polar surface area (TPSA) is 54.0 Å². The number of hydrogen-bond donors (Lipinski definition) is 2. The number of hydrogen-bond acceptors (Lipinski definition) is 3. The van der Waals surface area contributed by atoms with Crippen molar-refractivity contribution in [1.29, 1.82) is 0 Å². The molecule has 0 aliphatic carbocycles. The third-order valence-electron chi connectivity index (χ3n) is 2.57. The molecule has 0 aromatic carbocycles. The van der Waals surface area contributed by atoms with Crippen LogP contribution in [0.1, 0.15) is 6.92 Å². The number of carbonyl (C=O) groups excluding carboxylic acids is 1. The molecule has 1 aliphatic heterocycles. The molecule has 5 heteroatoms. The molecule has 0 radical (unpaired) electrons. The van der Waals surface area contributed by atoms with E-state index in [1.165, 1.54) is 5.57 Å². The SMILES string of the molecule is CC(C(=O)Nc1ccncc1Br)=C1CNC1. The number of nitrogens with one attached hydrogen (secondary N) is 2. The van der Waals surface area contributed by atoms with Crippen LogP contribution < -0.4 is 10.6 Å². The monoisotopic (exact) mass is 281 g/mol. The van der Waals surface area contributed by atoms with Crippen LogP contribution in [-0.2, 0) is 4.79 Å². The lowest BCUT2D eigenvalue weighted by Gasteiger charge is -2.21. The van der Waals surface area contributed by atoms with Crippen molar-refractivity contribution in [2.75, 3.05) is 18.4 Å². The van der Waals surface area contributed by atoms with Crippen molar-refractivity contribution in [3.05, 3.63) is 34.1 Å². The van der Waals surface area contributed by atoms with Gasteiger partial charge in [-0.05, 0) is 34.5 Å². The molecule has 2 rings (SSSR count). The highest BCUT2D eigenvalue weighted by atomic mass is 79.9. The van der Waals surface area contributed by atoms with Gasteiger partial charge in [0, 0.05) is 31.1 Å². The van der Waals surface area contributed by atoms with E-state index in [-0.39, 0.29) is 5.91 Å². The number of aromatic nitrogens is 1. The summed E-state index contributed by atoms with van der Waals surface area (Å²) in [4.78, 5) is 15.8. The van der Waals surface area contributed by atoms with Crippen molar-refractivity contribution in [3.8, 4) is 0 Å². The Labute approximate surface area is 102 Å². The first-order chi connectivity index (χ1) is 7.68. The van der Waals surface area contributed by atoms with Crippen LogP contribution in [0.2, 0.25) is 0 Å². The average molecular weight is 282 g/mol. The molecule has 16 heavy (non-hydrogen) atoms. The van der Waals surface area contributed by atoms with E-state index in [1.54, 1.807) is 18.5 Å². The minimum absolute atomic E-state index is 0.0524. The molecule has 0 unspecified atom stereocenters. The molecule has 1 fully saturated rings. The Balaban J connectivity index is 2.11. The zero-order chi connectivity index (χ0) is 11.5. The van der Waals surface area contributed by atoms with Gasteiger partial charge < -0.3 is 10.6 Å². The van der Waals surface area contributed by atoms with Crippen molar-refractivity contribution in [3.63, 3.8) is 0 Å². The predicted octanol–water partition coefficient (Wildman–Crippen LogP) is 1.70. The zero-order valence-corrected chi connectivity index (χ0v) is 10.5. The standard InChI is InChI=1S/C11H12BrN3O/c1-7(8-4-14-5-8)11(16)15-10-2-3-13-6-9(10)12/h2-3,6,14H,4-5H2,1H3,(H,13,15,16). The van der Waals surface area contributed by atoms with E-state index in [4.69, 9.17) is 0 Å². The van der Waals surface area contributed by atoms with Crippen molar-refractivity contribution in [1.82, 2.24) is 10.3 Å². The molecule has 0 spiro atoms. The lowest BCUT2D eigenvalue weighted by molar-refractivity contribution is -0.112. The molecule has 0 atom stereocenters. The number of amides is 1. The average Bonchev–Trinajstić information content (AvgIpc) is 2.18. The molecule has 1 saturated heterocycles. The number of carbonyl (C=O) groups is 1. The highest BCUT2D eigenvalue weighted by Gasteiger charge is 2.16. The van der Waals surface area contributed by atoms with Gasteiger partial charge >= 0.3 is 0 Å². The molecule has 84 valence electrons. The molecular weight excluding hydrogens is 270 g/mol. The van der Waals surface area contributed by atoms with E-state index in [0.29, 0.717) is 0 Å². The molecule has 4 nitrogen and oxygen atoms in total. The van der Waals surface area contributed by atoms with Crippen LogP contribution in [0.5, 0.6) is 0 Å². The second kappa shape index (κ2) is 4.76. The Hall–Kier alpha value is -1.20. The van der Waals surface area contributed by atoms with Crippen LogP contribution in [0.25, 0.3) is 0 Å². The van der Waals surface area contributed by atoms with Crippen LogP contribution >= 0.6 is 15.9 Å². The Kier molecular flexibility index (Phi) is 3.36. The van der Waals surface area contributed by atoms with Gasteiger partial charge in [0.15, 0.2) is 0 Å². The Morgan fingerprint density at radius 3 is 2.88 bits per heavy atom. The Morgan fingerprint density at radius 2 is 2.31 bits per heavy atom. The molecule has 1 aliphatic rings. The van der Waals surface area contributed by atoms with E-state index < -0.39 is 0 Å². The second-order valence-electron chi connectivity index (χ2n) is 3.64. The van der Waals surface area contributed by atoms with Crippen LogP contribution in [0.4, 0.5) is 5.69 Å². The third kappa shape index (κ3) is 2.31. The fraction of sp³-hybridized carbons (Fsp3) is 0.273. The summed E-state index contributed by atoms with van der Waals surface area (Å²) in [5.74, 6) is -0.0524. The highest BCUT2D eigenvalue weighted by molar-refractivity contribution is 9.10. The first-order valence-electron chi connectivity index (χ1n) is 4.98. The van der Waals surface area contributed by atoms with E-state index in [2.05, 4.69) is 31.5 Å². The number of halogens is 1. The minimum Gasteiger partial charge on any atom is -0.321 e. The van der Waals surface area contributed by atoms with Crippen LogP contribution in [0.3, 0.4) is 0 Å². The van der Waals surface area contributed by atoms with E-state index >= 15 is 0 Å². The van der Waals surface area contributed by atoms with Crippen molar-refractivity contribution in [2.24, 2.45) is 0 Å². The highest BCUT2D eigenvalue weighted by Crippen LogP contribution is 2.21. The quantitative estimate of drug-likeness (QED) is 0.812. The van der Waals surface area contributed by atoms with Gasteiger partial charge in [0.2, 0.25) is 0 Å². The van der Waals surface area contributed by atoms with Gasteiger partial charge in [0.1, 0.15) is 0 Å². The van der Waals surface area contributed by atoms with E-state index in [0.717, 1.165) is 28.8 Å². The van der Waals surface area contributed by atoms with E-state index in [1.807, 2.05) is 6.92 Å². The first kappa shape index (κ1) is 11.3. The molecule has 1 aromatic heterocycles. The molecule has 0 bridgehead atoms. The van der Waals surface area contributed by atoms with Crippen LogP contribution in [0.15, 0.2) is 34.1 Å². The molecule has 1 amide bonds. The molecule has 0 saturated carbocycles. The summed E-state index contributed by atoms with van der Waals surface area (Å²) in [6.07, 6.45) is 3.30. The van der Waals surface area contributed by atoms with Crippen LogP contribution in [-0.4, -0.2) is 24.0 Å². The van der Waals surface area contributed by atoms with Gasteiger partial charge in [-0.15, -0.1) is 0 Å². The van der Waals surface area contributed by atoms with Crippen molar-refractivity contribution in [2.45, 2.75) is 6.92 Å². The summed E-state index contributed by atoms with van der Waals surface area (Å²) in [5.41, 5.74) is 2.71. The smallest absolute Gasteiger partial charge is 0.251 e. The summed E-state index contributed by atoms with van der Waals surface area (Å²) in [7, 11) is 0. The third-order valence-corrected chi connectivity index (χ3v) is 3.20. The zero-order valence-electron chi connectivity index (χ0n) is 8.88. The molecule has 2 heterocycles. The molecule has 2 N–H and O–H groups in total. The number of anilines is 1. The number of rotatable bonds is 2. The van der Waals surface area contributed by atoms with Gasteiger partial charge in [-0.1, -0.05) is 0 Å². The maximum absolute atomic E-state index is 11.9. The van der Waals surface area contributed by atoms with Crippen molar-refractivity contribution < 1.29 is 4.79 Å². The summed E-state index contributed by atoms with van der Waals surface area (Å²) in [6.45, 7) is 3.48. The van der Waals surface area contributed by atoms with Gasteiger partial charge in [0.25, 0.3) is 5.91 Å². The lowest BCUT2D eigenvalue weighted by atomic mass is 10.0. The summed E-state index contributed by atoms with van der Waals surface area (Å²) >= 11 is 3.34. The van der Waals surface area contributed by atoms with Gasteiger partial charge in [0.05, 0.1) is 10.2 Å².